The van der Waals surface area contributed by atoms with Crippen molar-refractivity contribution in [1.82, 2.24) is 4.72 Å². The first-order valence-corrected chi connectivity index (χ1v) is 7.36. The topological polar surface area (TPSA) is 46.2 Å². The molecular formula is C13H11F4NO2S. The Balaban J connectivity index is 2.35. The average molecular weight is 321 g/mol. The maximum atomic E-state index is 12.8. The van der Waals surface area contributed by atoms with Crippen LogP contribution in [0.1, 0.15) is 0 Å². The zero-order valence-electron chi connectivity index (χ0n) is 10.6. The molecule has 2 rings (SSSR count). The van der Waals surface area contributed by atoms with Crippen molar-refractivity contribution < 1.29 is 26.0 Å². The first-order valence-electron chi connectivity index (χ1n) is 5.87. The van der Waals surface area contributed by atoms with Crippen LogP contribution >= 0.6 is 0 Å². The average Bonchev–Trinajstić information content (AvgIpc) is 2.44. The van der Waals surface area contributed by atoms with E-state index in [2.05, 4.69) is 0 Å². The highest BCUT2D eigenvalue weighted by Gasteiger charge is 2.41. The predicted octanol–water partition coefficient (Wildman–Crippen LogP) is 3.02. The van der Waals surface area contributed by atoms with E-state index in [0.717, 1.165) is 0 Å². The zero-order valence-corrected chi connectivity index (χ0v) is 11.4. The van der Waals surface area contributed by atoms with Gasteiger partial charge in [-0.3, -0.25) is 0 Å². The van der Waals surface area contributed by atoms with Gasteiger partial charge in [-0.2, -0.15) is 8.78 Å². The van der Waals surface area contributed by atoms with Crippen molar-refractivity contribution in [3.05, 3.63) is 42.5 Å². The molecule has 0 aliphatic carbocycles. The molecule has 0 aliphatic heterocycles. The Hall–Kier alpha value is -1.67. The molecule has 0 spiro atoms. The van der Waals surface area contributed by atoms with E-state index < -0.39 is 28.9 Å². The molecule has 3 nitrogen and oxygen atoms in total. The van der Waals surface area contributed by atoms with Gasteiger partial charge >= 0.3 is 12.3 Å². The molecule has 0 saturated carbocycles. The minimum atomic E-state index is -4.42. The molecule has 114 valence electrons. The summed E-state index contributed by atoms with van der Waals surface area (Å²) in [6, 6.07) is 10.8. The van der Waals surface area contributed by atoms with Crippen LogP contribution in [0.15, 0.2) is 47.4 Å². The van der Waals surface area contributed by atoms with Gasteiger partial charge in [-0.15, -0.1) is 0 Å². The SMILES string of the molecule is O=S(=O)(NCC(F)(F)C(F)F)c1cccc2ccccc12. The lowest BCUT2D eigenvalue weighted by molar-refractivity contribution is -0.122. The highest BCUT2D eigenvalue weighted by atomic mass is 32.2. The van der Waals surface area contributed by atoms with Gasteiger partial charge in [0.15, 0.2) is 0 Å². The van der Waals surface area contributed by atoms with E-state index in [1.54, 1.807) is 24.3 Å². The quantitative estimate of drug-likeness (QED) is 0.861. The van der Waals surface area contributed by atoms with Gasteiger partial charge in [-0.25, -0.2) is 21.9 Å². The van der Waals surface area contributed by atoms with Crippen LogP contribution < -0.4 is 4.72 Å². The van der Waals surface area contributed by atoms with Crippen molar-refractivity contribution in [3.63, 3.8) is 0 Å². The van der Waals surface area contributed by atoms with Crippen molar-refractivity contribution in [2.45, 2.75) is 17.2 Å². The van der Waals surface area contributed by atoms with E-state index >= 15 is 0 Å². The maximum absolute atomic E-state index is 12.8. The van der Waals surface area contributed by atoms with E-state index in [0.29, 0.717) is 10.8 Å². The number of hydrogen-bond acceptors (Lipinski definition) is 2. The van der Waals surface area contributed by atoms with Crippen LogP contribution in [0.2, 0.25) is 0 Å². The van der Waals surface area contributed by atoms with E-state index in [1.807, 2.05) is 0 Å². The van der Waals surface area contributed by atoms with Crippen LogP contribution in [-0.2, 0) is 10.0 Å². The Morgan fingerprint density at radius 2 is 1.67 bits per heavy atom. The summed E-state index contributed by atoms with van der Waals surface area (Å²) < 4.78 is 75.4. The standard InChI is InChI=1S/C13H11F4NO2S/c14-12(15)13(16,17)8-18-21(19,20)11-7-3-5-9-4-1-2-6-10(9)11/h1-7,12,18H,8H2. The second-order valence-electron chi connectivity index (χ2n) is 4.36. The first-order chi connectivity index (χ1) is 9.74. The van der Waals surface area contributed by atoms with Crippen LogP contribution in [0.25, 0.3) is 10.8 Å². The lowest BCUT2D eigenvalue weighted by atomic mass is 10.1. The Bertz CT molecular complexity index is 741. The van der Waals surface area contributed by atoms with Crippen LogP contribution in [-0.4, -0.2) is 27.3 Å². The molecule has 0 unspecified atom stereocenters. The summed E-state index contributed by atoms with van der Waals surface area (Å²) in [4.78, 5) is -0.231. The Morgan fingerprint density at radius 3 is 2.33 bits per heavy atom. The van der Waals surface area contributed by atoms with Gasteiger partial charge in [0.2, 0.25) is 10.0 Å². The Kier molecular flexibility index (Phi) is 4.20. The molecule has 0 aliphatic rings. The number of benzene rings is 2. The molecule has 0 atom stereocenters. The lowest BCUT2D eigenvalue weighted by Crippen LogP contribution is -2.41. The van der Waals surface area contributed by atoms with Crippen LogP contribution in [0.5, 0.6) is 0 Å². The summed E-state index contributed by atoms with van der Waals surface area (Å²) in [5, 5.41) is 0.925. The summed E-state index contributed by atoms with van der Waals surface area (Å²) in [5.41, 5.74) is 0. The van der Waals surface area contributed by atoms with Crippen molar-refractivity contribution in [1.29, 1.82) is 0 Å². The van der Waals surface area contributed by atoms with Crippen molar-refractivity contribution in [3.8, 4) is 0 Å². The highest BCUT2D eigenvalue weighted by molar-refractivity contribution is 7.89. The molecule has 0 radical (unpaired) electrons. The Morgan fingerprint density at radius 1 is 1.05 bits per heavy atom. The summed E-state index contributed by atoms with van der Waals surface area (Å²) in [7, 11) is -4.32. The highest BCUT2D eigenvalue weighted by Crippen LogP contribution is 2.25. The van der Waals surface area contributed by atoms with Gasteiger partial charge in [0.25, 0.3) is 0 Å². The molecule has 2 aromatic carbocycles. The molecule has 0 fully saturated rings. The number of alkyl halides is 4. The van der Waals surface area contributed by atoms with Crippen molar-refractivity contribution >= 4 is 20.8 Å². The number of fused-ring (bicyclic) bond motifs is 1. The molecule has 0 amide bonds. The van der Waals surface area contributed by atoms with Crippen LogP contribution in [0.4, 0.5) is 17.6 Å². The fourth-order valence-corrected chi connectivity index (χ4v) is 3.05. The number of nitrogens with one attached hydrogen (secondary N) is 1. The summed E-state index contributed by atoms with van der Waals surface area (Å²) in [6.45, 7) is -1.66. The molecule has 2 aromatic rings. The third-order valence-electron chi connectivity index (χ3n) is 2.86. The summed E-state index contributed by atoms with van der Waals surface area (Å²) >= 11 is 0. The summed E-state index contributed by atoms with van der Waals surface area (Å²) in [6.07, 6.45) is -3.94. The maximum Gasteiger partial charge on any atom is 0.320 e. The molecule has 0 saturated heterocycles. The van der Waals surface area contributed by atoms with E-state index in [1.165, 1.54) is 22.9 Å². The van der Waals surface area contributed by atoms with Gasteiger partial charge in [0.05, 0.1) is 11.4 Å². The minimum Gasteiger partial charge on any atom is -0.207 e. The number of sulfonamides is 1. The van der Waals surface area contributed by atoms with Gasteiger partial charge in [-0.1, -0.05) is 36.4 Å². The molecule has 0 bridgehead atoms. The molecule has 1 N–H and O–H groups in total. The predicted molar refractivity (Wildman–Crippen MR) is 70.1 cm³/mol. The first kappa shape index (κ1) is 15.7. The van der Waals surface area contributed by atoms with E-state index in [4.69, 9.17) is 0 Å². The van der Waals surface area contributed by atoms with Crippen LogP contribution in [0.3, 0.4) is 0 Å². The second kappa shape index (κ2) is 5.61. The molecule has 0 aromatic heterocycles. The number of hydrogen-bond donors (Lipinski definition) is 1. The van der Waals surface area contributed by atoms with E-state index in [9.17, 15) is 26.0 Å². The van der Waals surface area contributed by atoms with Gasteiger partial charge in [-0.05, 0) is 11.5 Å². The van der Waals surface area contributed by atoms with E-state index in [-0.39, 0.29) is 4.90 Å². The second-order valence-corrected chi connectivity index (χ2v) is 6.10. The third-order valence-corrected chi connectivity index (χ3v) is 4.32. The monoisotopic (exact) mass is 321 g/mol. The fourth-order valence-electron chi connectivity index (χ4n) is 1.78. The lowest BCUT2D eigenvalue weighted by Gasteiger charge is -2.16. The molecule has 21 heavy (non-hydrogen) atoms. The molecular weight excluding hydrogens is 310 g/mol. The molecule has 0 heterocycles. The van der Waals surface area contributed by atoms with Crippen molar-refractivity contribution in [2.24, 2.45) is 0 Å². The van der Waals surface area contributed by atoms with Crippen LogP contribution in [0, 0.1) is 0 Å². The Labute approximate surface area is 118 Å². The van der Waals surface area contributed by atoms with Gasteiger partial charge in [0.1, 0.15) is 0 Å². The number of halogens is 4. The third kappa shape index (κ3) is 3.33. The smallest absolute Gasteiger partial charge is 0.207 e. The largest absolute Gasteiger partial charge is 0.320 e. The minimum absolute atomic E-state index is 0.231. The summed E-state index contributed by atoms with van der Waals surface area (Å²) in [5.74, 6) is -4.42. The fraction of sp³-hybridized carbons (Fsp3) is 0.231. The zero-order chi connectivity index (χ0) is 15.7. The molecule has 8 heteroatoms. The van der Waals surface area contributed by atoms with Crippen molar-refractivity contribution in [2.75, 3.05) is 6.54 Å². The number of rotatable bonds is 5. The van der Waals surface area contributed by atoms with Gasteiger partial charge < -0.3 is 0 Å². The van der Waals surface area contributed by atoms with Gasteiger partial charge in [0, 0.05) is 5.39 Å². The normalized spacial score (nSPS) is 13.0.